The Bertz CT molecular complexity index is 2350. The van der Waals surface area contributed by atoms with Gasteiger partial charge in [0.15, 0.2) is 6.23 Å². The van der Waals surface area contributed by atoms with Crippen LogP contribution in [0.25, 0.3) is 10.8 Å². The zero-order valence-electron chi connectivity index (χ0n) is 37.0. The lowest BCUT2D eigenvalue weighted by atomic mass is 9.84. The number of imide groups is 1. The van der Waals surface area contributed by atoms with Crippen molar-refractivity contribution in [3.05, 3.63) is 67.0 Å². The second kappa shape index (κ2) is 19.4. The molecule has 3 aromatic rings. The van der Waals surface area contributed by atoms with Crippen molar-refractivity contribution in [1.82, 2.24) is 39.4 Å². The molecule has 18 nitrogen and oxygen atoms in total. The Morgan fingerprint density at radius 2 is 1.30 bits per heavy atom. The number of carbonyl (C=O) groups excluding carboxylic acids is 3. The van der Waals surface area contributed by atoms with Crippen LogP contribution in [0, 0.1) is 6.92 Å². The zero-order chi connectivity index (χ0) is 44.5. The van der Waals surface area contributed by atoms with E-state index in [2.05, 4.69) is 35.6 Å². The summed E-state index contributed by atoms with van der Waals surface area (Å²) >= 11 is 0. The first-order valence-corrected chi connectivity index (χ1v) is 23.6. The number of H-pyrrole nitrogens is 1. The second-order valence-corrected chi connectivity index (χ2v) is 18.5. The van der Waals surface area contributed by atoms with Crippen LogP contribution in [-0.4, -0.2) is 178 Å². The van der Waals surface area contributed by atoms with E-state index in [0.717, 1.165) is 81.0 Å². The normalized spacial score (nSPS) is 24.0. The van der Waals surface area contributed by atoms with Crippen LogP contribution in [0.15, 0.2) is 27.9 Å². The highest BCUT2D eigenvalue weighted by Gasteiger charge is 2.44. The van der Waals surface area contributed by atoms with Gasteiger partial charge in [-0.15, -0.1) is 0 Å². The number of aliphatic hydroxyl groups excluding tert-OH is 2. The molecule has 4 atom stereocenters. The molecule has 0 aliphatic carbocycles. The minimum atomic E-state index is -1.37. The summed E-state index contributed by atoms with van der Waals surface area (Å²) in [5.74, 6) is -0.752. The number of carbonyl (C=O) groups is 3. The maximum Gasteiger partial charge on any atom is 0.330 e. The van der Waals surface area contributed by atoms with E-state index in [-0.39, 0.29) is 36.4 Å². The van der Waals surface area contributed by atoms with Crippen LogP contribution in [0.3, 0.4) is 0 Å². The summed E-state index contributed by atoms with van der Waals surface area (Å²) in [5.41, 5.74) is 2.77. The number of rotatable bonds is 19. The van der Waals surface area contributed by atoms with E-state index >= 15 is 0 Å². The summed E-state index contributed by atoms with van der Waals surface area (Å²) in [4.78, 5) is 80.9. The quantitative estimate of drug-likeness (QED) is 0.0743. The number of unbranched alkanes of at least 4 members (excludes halogenated alkanes) is 1. The lowest BCUT2D eigenvalue weighted by molar-refractivity contribution is -0.0392. The number of nitrogens with zero attached hydrogens (tertiary/aromatic N) is 6. The molecular formula is C46H64N10O8. The molecule has 0 spiro atoms. The number of hydrogen-bond donors (Lipinski definition) is 6. The minimum absolute atomic E-state index is 0.0914. The van der Waals surface area contributed by atoms with Gasteiger partial charge in [0, 0.05) is 104 Å². The molecule has 4 fully saturated rings. The predicted octanol–water partition coefficient (Wildman–Crippen LogP) is 1.35. The average Bonchev–Trinajstić information content (AvgIpc) is 4.14. The summed E-state index contributed by atoms with van der Waals surface area (Å²) in [6.07, 6.45) is 5.08. The Balaban J connectivity index is 0.936. The zero-order valence-corrected chi connectivity index (χ0v) is 37.0. The molecule has 6 aliphatic heterocycles. The molecule has 6 N–H and O–H groups in total. The van der Waals surface area contributed by atoms with Crippen molar-refractivity contribution in [1.29, 1.82) is 0 Å². The van der Waals surface area contributed by atoms with Crippen molar-refractivity contribution in [2.24, 2.45) is 0 Å². The van der Waals surface area contributed by atoms with Crippen LogP contribution in [-0.2, 0) is 11.3 Å². The van der Waals surface area contributed by atoms with E-state index < -0.39 is 35.8 Å². The molecule has 9 rings (SSSR count). The SMILES string of the molecule is Cc1cn([C@@H]2O[C@H](CNCCCCNc3cc4c5c(c(NCCN6CCCC6)cc6c5c3C(=O)N(CCN3CCCC3)C6=O)CN(CCN3CCCC3)C4=O)[C@@H](O)[C@H]2O)c(=O)[nH]c1=O. The molecule has 346 valence electrons. The molecule has 2 aromatic carbocycles. The topological polar surface area (TPSA) is 208 Å². The number of benzene rings is 2. The van der Waals surface area contributed by atoms with E-state index in [4.69, 9.17) is 4.74 Å². The van der Waals surface area contributed by atoms with Gasteiger partial charge in [-0.25, -0.2) is 4.79 Å². The lowest BCUT2D eigenvalue weighted by Crippen LogP contribution is -2.45. The third-order valence-corrected chi connectivity index (χ3v) is 14.2. The molecule has 0 saturated carbocycles. The monoisotopic (exact) mass is 884 g/mol. The van der Waals surface area contributed by atoms with Crippen molar-refractivity contribution < 1.29 is 29.3 Å². The number of aliphatic hydroxyl groups is 2. The van der Waals surface area contributed by atoms with Crippen molar-refractivity contribution in [3.8, 4) is 0 Å². The lowest BCUT2D eigenvalue weighted by Gasteiger charge is -2.36. The molecule has 0 bridgehead atoms. The molecule has 6 aliphatic rings. The van der Waals surface area contributed by atoms with Gasteiger partial charge in [0.05, 0.1) is 11.1 Å². The molecule has 7 heterocycles. The first-order valence-electron chi connectivity index (χ1n) is 23.6. The molecule has 0 radical (unpaired) electrons. The second-order valence-electron chi connectivity index (χ2n) is 18.5. The smallest absolute Gasteiger partial charge is 0.330 e. The van der Waals surface area contributed by atoms with Crippen molar-refractivity contribution in [3.63, 3.8) is 0 Å². The molecule has 64 heavy (non-hydrogen) atoms. The number of anilines is 2. The number of amides is 3. The third kappa shape index (κ3) is 8.97. The average molecular weight is 885 g/mol. The van der Waals surface area contributed by atoms with Crippen LogP contribution in [0.5, 0.6) is 0 Å². The van der Waals surface area contributed by atoms with E-state index in [0.29, 0.717) is 85.3 Å². The van der Waals surface area contributed by atoms with Gasteiger partial charge >= 0.3 is 5.69 Å². The van der Waals surface area contributed by atoms with Crippen molar-refractivity contribution >= 4 is 39.9 Å². The van der Waals surface area contributed by atoms with Gasteiger partial charge in [0.2, 0.25) is 0 Å². The van der Waals surface area contributed by atoms with E-state index in [1.54, 1.807) is 6.92 Å². The molecule has 0 unspecified atom stereocenters. The van der Waals surface area contributed by atoms with Crippen LogP contribution in [0.4, 0.5) is 11.4 Å². The van der Waals surface area contributed by atoms with E-state index in [1.165, 1.54) is 36.8 Å². The first kappa shape index (κ1) is 44.5. The highest BCUT2D eigenvalue weighted by molar-refractivity contribution is 6.31. The fraction of sp³-hybridized carbons (Fsp3) is 0.630. The number of aryl methyl sites for hydroxylation is 1. The van der Waals surface area contributed by atoms with Crippen LogP contribution in [0.1, 0.15) is 99.8 Å². The Morgan fingerprint density at radius 3 is 2.00 bits per heavy atom. The summed E-state index contributed by atoms with van der Waals surface area (Å²) in [6.45, 7) is 13.2. The van der Waals surface area contributed by atoms with Gasteiger partial charge < -0.3 is 50.5 Å². The van der Waals surface area contributed by atoms with E-state index in [9.17, 15) is 34.2 Å². The summed E-state index contributed by atoms with van der Waals surface area (Å²) in [5, 5.41) is 33.2. The highest BCUT2D eigenvalue weighted by Crippen LogP contribution is 2.44. The summed E-state index contributed by atoms with van der Waals surface area (Å²) in [7, 11) is 0. The Labute approximate surface area is 372 Å². The first-order chi connectivity index (χ1) is 31.1. The number of nitrogens with one attached hydrogen (secondary N) is 4. The van der Waals surface area contributed by atoms with Gasteiger partial charge in [-0.05, 0) is 116 Å². The van der Waals surface area contributed by atoms with Gasteiger partial charge in [-0.1, -0.05) is 0 Å². The standard InChI is InChI=1S/C46H64N10O8/c1-29-27-56(46(63)50-41(29)59)45-40(58)39(57)35(64-45)26-47-10-2-3-11-48-34-25-30-36-32(28-54(42(30)60)22-20-52-15-6-7-16-52)33(49-12-19-51-13-4-5-14-51)24-31-37(36)38(34)44(62)55(43(31)61)23-21-53-17-8-9-18-53/h24-25,27,35,39-40,45,47-49,57-58H,2-23,26,28H2,1H3,(H,50,59,63)/t35-,39-,40-,45-/m1/s1. The molecule has 4 saturated heterocycles. The largest absolute Gasteiger partial charge is 0.387 e. The fourth-order valence-corrected chi connectivity index (χ4v) is 10.5. The number of likely N-dealkylation sites (tertiary alicyclic amines) is 3. The summed E-state index contributed by atoms with van der Waals surface area (Å²) in [6, 6.07) is 3.80. The van der Waals surface area contributed by atoms with E-state index in [1.807, 2.05) is 17.0 Å². The molecule has 1 aromatic heterocycles. The van der Waals surface area contributed by atoms with Crippen molar-refractivity contribution in [2.75, 3.05) is 109 Å². The maximum atomic E-state index is 14.7. The number of aromatic amines is 1. The Kier molecular flexibility index (Phi) is 13.5. The minimum Gasteiger partial charge on any atom is -0.387 e. The maximum absolute atomic E-state index is 14.7. The van der Waals surface area contributed by atoms with Crippen LogP contribution in [0.2, 0.25) is 0 Å². The third-order valence-electron chi connectivity index (χ3n) is 14.2. The van der Waals surface area contributed by atoms with Gasteiger partial charge in [-0.2, -0.15) is 0 Å². The van der Waals surface area contributed by atoms with Gasteiger partial charge in [0.25, 0.3) is 23.3 Å². The number of aromatic nitrogens is 2. The number of hydrogen-bond acceptors (Lipinski definition) is 14. The number of ether oxygens (including phenoxy) is 1. The van der Waals surface area contributed by atoms with Gasteiger partial charge in [-0.3, -0.25) is 33.6 Å². The highest BCUT2D eigenvalue weighted by atomic mass is 16.6. The summed E-state index contributed by atoms with van der Waals surface area (Å²) < 4.78 is 6.98. The molecule has 3 amide bonds. The Morgan fingerprint density at radius 1 is 0.688 bits per heavy atom. The predicted molar refractivity (Wildman–Crippen MR) is 242 cm³/mol. The molecule has 18 heteroatoms. The Hall–Kier alpha value is -4.69. The van der Waals surface area contributed by atoms with Gasteiger partial charge in [0.1, 0.15) is 18.3 Å². The van der Waals surface area contributed by atoms with Crippen molar-refractivity contribution in [2.45, 2.75) is 89.4 Å². The van der Waals surface area contributed by atoms with Crippen LogP contribution < -0.4 is 27.2 Å². The van der Waals surface area contributed by atoms with Crippen LogP contribution >= 0.6 is 0 Å². The fourth-order valence-electron chi connectivity index (χ4n) is 10.5. The molecular weight excluding hydrogens is 821 g/mol.